The lowest BCUT2D eigenvalue weighted by atomic mass is 10.1. The number of carbonyl (C=O) groups is 2. The smallest absolute Gasteiger partial charge is 0.434 e. The van der Waals surface area contributed by atoms with Crippen LogP contribution in [0.25, 0.3) is 16.6 Å². The van der Waals surface area contributed by atoms with Crippen LogP contribution in [0.3, 0.4) is 0 Å². The van der Waals surface area contributed by atoms with E-state index in [1.54, 1.807) is 24.3 Å². The van der Waals surface area contributed by atoms with E-state index in [-0.39, 0.29) is 22.5 Å². The van der Waals surface area contributed by atoms with Crippen LogP contribution in [0.2, 0.25) is 0 Å². The zero-order valence-corrected chi connectivity index (χ0v) is 16.5. The van der Waals surface area contributed by atoms with E-state index in [9.17, 15) is 22.8 Å². The van der Waals surface area contributed by atoms with Crippen LogP contribution in [-0.2, 0) is 6.18 Å². The topological polar surface area (TPSA) is 121 Å². The van der Waals surface area contributed by atoms with Gasteiger partial charge in [-0.3, -0.25) is 9.78 Å². The number of nitrogens with one attached hydrogen (secondary N) is 1. The van der Waals surface area contributed by atoms with E-state index in [4.69, 9.17) is 10.4 Å². The van der Waals surface area contributed by atoms with E-state index in [1.165, 1.54) is 24.4 Å². The molecule has 0 aliphatic rings. The van der Waals surface area contributed by atoms with Crippen LogP contribution in [0.15, 0.2) is 60.9 Å². The molecule has 1 amide bonds. The molecule has 164 valence electrons. The summed E-state index contributed by atoms with van der Waals surface area (Å²) < 4.78 is 42.7. The van der Waals surface area contributed by atoms with Crippen molar-refractivity contribution in [1.82, 2.24) is 14.8 Å². The summed E-state index contributed by atoms with van der Waals surface area (Å²) in [6, 6.07) is 12.7. The fraction of sp³-hybridized carbons (Fsp3) is 0.0455. The van der Waals surface area contributed by atoms with E-state index in [0.29, 0.717) is 15.6 Å². The summed E-state index contributed by atoms with van der Waals surface area (Å²) in [5.41, 5.74) is -2.10. The normalized spacial score (nSPS) is 11.2. The number of fused-ring (bicyclic) bond motifs is 1. The standard InChI is InChI=1S/C22H12F3N5O3/c23-22(24,25)19-16(20(31)29-13-6-7-14(21(32)33)12(9-13)10-26)11-28-30(19)18-5-1-4-17-15(18)3-2-8-27-17/h1-9,11H,(H,29,31)(H,32,33). The van der Waals surface area contributed by atoms with Gasteiger partial charge in [0.1, 0.15) is 6.07 Å². The predicted molar refractivity (Wildman–Crippen MR) is 110 cm³/mol. The Hall–Kier alpha value is -4.72. The van der Waals surface area contributed by atoms with E-state index >= 15 is 0 Å². The lowest BCUT2D eigenvalue weighted by Gasteiger charge is -2.14. The van der Waals surface area contributed by atoms with Gasteiger partial charge in [0.15, 0.2) is 5.69 Å². The Morgan fingerprint density at radius 2 is 1.88 bits per heavy atom. The molecule has 0 unspecified atom stereocenters. The van der Waals surface area contributed by atoms with E-state index < -0.39 is 29.3 Å². The maximum atomic E-state index is 14.0. The Labute approximate surface area is 183 Å². The van der Waals surface area contributed by atoms with Gasteiger partial charge < -0.3 is 10.4 Å². The molecule has 0 aliphatic carbocycles. The SMILES string of the molecule is N#Cc1cc(NC(=O)c2cnn(-c3cccc4ncccc34)c2C(F)(F)F)ccc1C(=O)O. The van der Waals surface area contributed by atoms with Gasteiger partial charge in [-0.2, -0.15) is 23.5 Å². The monoisotopic (exact) mass is 451 g/mol. The molecular weight excluding hydrogens is 439 g/mol. The van der Waals surface area contributed by atoms with Crippen molar-refractivity contribution in [2.24, 2.45) is 0 Å². The van der Waals surface area contributed by atoms with Gasteiger partial charge in [0.25, 0.3) is 5.91 Å². The number of rotatable bonds is 4. The molecule has 0 spiro atoms. The molecule has 0 bridgehead atoms. The third-order valence-electron chi connectivity index (χ3n) is 4.76. The van der Waals surface area contributed by atoms with Crippen LogP contribution in [0.4, 0.5) is 18.9 Å². The van der Waals surface area contributed by atoms with Gasteiger partial charge in [0.2, 0.25) is 0 Å². The number of amides is 1. The molecule has 0 aliphatic heterocycles. The summed E-state index contributed by atoms with van der Waals surface area (Å²) in [6.45, 7) is 0. The first kappa shape index (κ1) is 21.5. The number of nitrogens with zero attached hydrogens (tertiary/aromatic N) is 4. The van der Waals surface area contributed by atoms with Gasteiger partial charge in [-0.25, -0.2) is 9.48 Å². The number of halogens is 3. The second-order valence-corrected chi connectivity index (χ2v) is 6.80. The minimum atomic E-state index is -4.93. The number of carbonyl (C=O) groups excluding carboxylic acids is 1. The van der Waals surface area contributed by atoms with Gasteiger partial charge in [-0.05, 0) is 42.5 Å². The Morgan fingerprint density at radius 3 is 2.58 bits per heavy atom. The minimum absolute atomic E-state index is 0.0446. The predicted octanol–water partition coefficient (Wildman–Crippen LogP) is 4.26. The number of aromatic nitrogens is 3. The number of anilines is 1. The number of benzene rings is 2. The first-order chi connectivity index (χ1) is 15.7. The highest BCUT2D eigenvalue weighted by atomic mass is 19.4. The zero-order valence-electron chi connectivity index (χ0n) is 16.5. The molecule has 8 nitrogen and oxygen atoms in total. The van der Waals surface area contributed by atoms with Gasteiger partial charge in [0, 0.05) is 17.3 Å². The Kier molecular flexibility index (Phi) is 5.27. The van der Waals surface area contributed by atoms with Crippen LogP contribution in [0.5, 0.6) is 0 Å². The third kappa shape index (κ3) is 3.97. The summed E-state index contributed by atoms with van der Waals surface area (Å²) in [5.74, 6) is -2.48. The highest BCUT2D eigenvalue weighted by Crippen LogP contribution is 2.35. The second-order valence-electron chi connectivity index (χ2n) is 6.80. The zero-order chi connectivity index (χ0) is 23.8. The molecular formula is C22H12F3N5O3. The highest BCUT2D eigenvalue weighted by molar-refractivity contribution is 6.05. The molecule has 0 atom stereocenters. The number of carboxylic acids is 1. The Morgan fingerprint density at radius 1 is 1.09 bits per heavy atom. The molecule has 2 aromatic heterocycles. The number of pyridine rings is 1. The van der Waals surface area contributed by atoms with Crippen LogP contribution < -0.4 is 5.32 Å². The molecule has 2 N–H and O–H groups in total. The van der Waals surface area contributed by atoms with Crippen LogP contribution in [0, 0.1) is 11.3 Å². The van der Waals surface area contributed by atoms with Crippen molar-refractivity contribution in [3.8, 4) is 11.8 Å². The van der Waals surface area contributed by atoms with Crippen molar-refractivity contribution in [3.63, 3.8) is 0 Å². The van der Waals surface area contributed by atoms with Gasteiger partial charge >= 0.3 is 12.1 Å². The van der Waals surface area contributed by atoms with Gasteiger partial charge in [-0.15, -0.1) is 0 Å². The first-order valence-corrected chi connectivity index (χ1v) is 9.29. The quantitative estimate of drug-likeness (QED) is 0.478. The number of hydrogen-bond donors (Lipinski definition) is 2. The maximum Gasteiger partial charge on any atom is 0.434 e. The molecule has 2 heterocycles. The molecule has 0 saturated heterocycles. The number of carboxylic acid groups (broad SMARTS) is 1. The lowest BCUT2D eigenvalue weighted by molar-refractivity contribution is -0.143. The number of alkyl halides is 3. The minimum Gasteiger partial charge on any atom is -0.478 e. The van der Waals surface area contributed by atoms with E-state index in [2.05, 4.69) is 15.4 Å². The lowest BCUT2D eigenvalue weighted by Crippen LogP contribution is -2.21. The van der Waals surface area contributed by atoms with Crippen molar-refractivity contribution in [1.29, 1.82) is 5.26 Å². The highest BCUT2D eigenvalue weighted by Gasteiger charge is 2.41. The number of nitriles is 1. The second kappa shape index (κ2) is 8.08. The molecule has 0 fully saturated rings. The summed E-state index contributed by atoms with van der Waals surface area (Å²) in [4.78, 5) is 28.0. The fourth-order valence-electron chi connectivity index (χ4n) is 3.34. The molecule has 2 aromatic carbocycles. The van der Waals surface area contributed by atoms with Crippen molar-refractivity contribution in [2.75, 3.05) is 5.32 Å². The summed E-state index contributed by atoms with van der Waals surface area (Å²) in [7, 11) is 0. The van der Waals surface area contributed by atoms with Crippen LogP contribution >= 0.6 is 0 Å². The number of aromatic carboxylic acids is 1. The van der Waals surface area contributed by atoms with E-state index in [1.807, 2.05) is 0 Å². The van der Waals surface area contributed by atoms with Crippen molar-refractivity contribution >= 4 is 28.5 Å². The number of hydrogen-bond acceptors (Lipinski definition) is 5. The summed E-state index contributed by atoms with van der Waals surface area (Å²) >= 11 is 0. The molecule has 4 aromatic rings. The Bertz CT molecular complexity index is 1450. The van der Waals surface area contributed by atoms with Crippen molar-refractivity contribution in [3.05, 3.63) is 83.3 Å². The molecule has 0 radical (unpaired) electrons. The molecule has 4 rings (SSSR count). The van der Waals surface area contributed by atoms with Gasteiger partial charge in [-0.1, -0.05) is 6.07 Å². The Balaban J connectivity index is 1.78. The molecule has 11 heteroatoms. The maximum absolute atomic E-state index is 14.0. The third-order valence-corrected chi connectivity index (χ3v) is 4.76. The average molecular weight is 451 g/mol. The van der Waals surface area contributed by atoms with Crippen molar-refractivity contribution in [2.45, 2.75) is 6.18 Å². The fourth-order valence-corrected chi connectivity index (χ4v) is 3.34. The van der Waals surface area contributed by atoms with Crippen LogP contribution in [-0.4, -0.2) is 31.7 Å². The van der Waals surface area contributed by atoms with E-state index in [0.717, 1.165) is 18.3 Å². The largest absolute Gasteiger partial charge is 0.478 e. The van der Waals surface area contributed by atoms with Crippen LogP contribution in [0.1, 0.15) is 32.0 Å². The van der Waals surface area contributed by atoms with Gasteiger partial charge in [0.05, 0.1) is 34.1 Å². The van der Waals surface area contributed by atoms with Crippen molar-refractivity contribution < 1.29 is 27.9 Å². The summed E-state index contributed by atoms with van der Waals surface area (Å²) in [5, 5.41) is 24.7. The molecule has 33 heavy (non-hydrogen) atoms. The molecule has 0 saturated carbocycles. The average Bonchev–Trinajstić information content (AvgIpc) is 3.24. The summed E-state index contributed by atoms with van der Waals surface area (Å²) in [6.07, 6.45) is -2.63. The first-order valence-electron chi connectivity index (χ1n) is 9.29.